The summed E-state index contributed by atoms with van der Waals surface area (Å²) in [6, 6.07) is 1.05. The van der Waals surface area contributed by atoms with E-state index in [9.17, 15) is 0 Å². The van der Waals surface area contributed by atoms with Crippen molar-refractivity contribution in [1.29, 1.82) is 0 Å². The number of hydrogen-bond donors (Lipinski definition) is 1. The van der Waals surface area contributed by atoms with Gasteiger partial charge in [-0.3, -0.25) is 4.90 Å². The van der Waals surface area contributed by atoms with Gasteiger partial charge in [0.25, 0.3) is 0 Å². The van der Waals surface area contributed by atoms with Gasteiger partial charge in [-0.25, -0.2) is 0 Å². The third-order valence-electron chi connectivity index (χ3n) is 2.87. The van der Waals surface area contributed by atoms with Crippen molar-refractivity contribution >= 4 is 17.1 Å². The summed E-state index contributed by atoms with van der Waals surface area (Å²) in [5, 5.41) is 3.42. The lowest BCUT2D eigenvalue weighted by Crippen LogP contribution is -2.51. The Hall–Kier alpha value is -0.0300. The minimum Gasteiger partial charge on any atom is -0.378 e. The zero-order chi connectivity index (χ0) is 9.26. The van der Waals surface area contributed by atoms with Gasteiger partial charge in [-0.15, -0.1) is 0 Å². The van der Waals surface area contributed by atoms with Gasteiger partial charge in [0, 0.05) is 18.0 Å². The van der Waals surface area contributed by atoms with E-state index >= 15 is 0 Å². The minimum atomic E-state index is 0.431. The van der Waals surface area contributed by atoms with E-state index < -0.39 is 0 Å². The number of ether oxygens (including phenoxy) is 1. The van der Waals surface area contributed by atoms with Gasteiger partial charge in [-0.1, -0.05) is 12.2 Å². The minimum absolute atomic E-state index is 0.431. The molecule has 0 aromatic heterocycles. The van der Waals surface area contributed by atoms with Crippen LogP contribution in [0.15, 0.2) is 0 Å². The molecule has 13 heavy (non-hydrogen) atoms. The maximum absolute atomic E-state index is 5.28. The van der Waals surface area contributed by atoms with E-state index in [2.05, 4.69) is 17.3 Å². The van der Waals surface area contributed by atoms with Crippen LogP contribution in [0.4, 0.5) is 0 Å². The molecule has 1 unspecified atom stereocenters. The van der Waals surface area contributed by atoms with Crippen molar-refractivity contribution in [2.75, 3.05) is 33.4 Å². The van der Waals surface area contributed by atoms with Crippen LogP contribution in [0.3, 0.4) is 0 Å². The van der Waals surface area contributed by atoms with Gasteiger partial charge in [-0.05, 0) is 13.5 Å². The third-order valence-corrected chi connectivity index (χ3v) is 3.35. The van der Waals surface area contributed by atoms with Gasteiger partial charge in [0.2, 0.25) is 0 Å². The maximum atomic E-state index is 5.28. The lowest BCUT2D eigenvalue weighted by Gasteiger charge is -2.35. The summed E-state index contributed by atoms with van der Waals surface area (Å²) in [5.74, 6) is 0. The highest BCUT2D eigenvalue weighted by molar-refractivity contribution is 7.80. The van der Waals surface area contributed by atoms with E-state index in [1.54, 1.807) is 0 Å². The summed E-state index contributed by atoms with van der Waals surface area (Å²) in [6.07, 6.45) is 1.06. The molecule has 0 radical (unpaired) electrons. The summed E-state index contributed by atoms with van der Waals surface area (Å²) in [4.78, 5) is 3.53. The Bertz CT molecular complexity index is 206. The number of thiocarbonyl (C=S) groups is 1. The van der Waals surface area contributed by atoms with Crippen molar-refractivity contribution in [2.45, 2.75) is 18.5 Å². The van der Waals surface area contributed by atoms with Crippen LogP contribution in [0.2, 0.25) is 0 Å². The Balaban J connectivity index is 1.79. The molecule has 0 spiro atoms. The fourth-order valence-corrected chi connectivity index (χ4v) is 2.00. The second-order valence-electron chi connectivity index (χ2n) is 3.85. The molecule has 4 heteroatoms. The van der Waals surface area contributed by atoms with Gasteiger partial charge < -0.3 is 10.1 Å². The summed E-state index contributed by atoms with van der Waals surface area (Å²) in [7, 11) is 2.15. The lowest BCUT2D eigenvalue weighted by atomic mass is 10.1. The van der Waals surface area contributed by atoms with E-state index in [0.717, 1.165) is 32.7 Å². The second-order valence-corrected chi connectivity index (χ2v) is 4.38. The maximum Gasteiger partial charge on any atom is 0.0645 e. The average Bonchev–Trinajstić information content (AvgIpc) is 2.32. The molecule has 0 aromatic carbocycles. The van der Waals surface area contributed by atoms with Gasteiger partial charge in [-0.2, -0.15) is 0 Å². The van der Waals surface area contributed by atoms with E-state index in [1.807, 2.05) is 0 Å². The SMILES string of the molecule is CN(CC1NCCC1=S)C1COC1. The summed E-state index contributed by atoms with van der Waals surface area (Å²) < 4.78 is 5.15. The molecule has 0 amide bonds. The van der Waals surface area contributed by atoms with Crippen LogP contribution in [0.25, 0.3) is 0 Å². The fourth-order valence-electron chi connectivity index (χ4n) is 1.74. The van der Waals surface area contributed by atoms with E-state index in [0.29, 0.717) is 12.1 Å². The number of likely N-dealkylation sites (N-methyl/N-ethyl adjacent to an activating group) is 1. The van der Waals surface area contributed by atoms with Crippen molar-refractivity contribution in [3.05, 3.63) is 0 Å². The lowest BCUT2D eigenvalue weighted by molar-refractivity contribution is -0.0563. The Morgan fingerprint density at radius 3 is 2.85 bits per heavy atom. The predicted molar refractivity (Wildman–Crippen MR) is 56.2 cm³/mol. The molecule has 0 bridgehead atoms. The molecule has 2 saturated heterocycles. The Morgan fingerprint density at radius 1 is 1.62 bits per heavy atom. The molecular weight excluding hydrogens is 184 g/mol. The van der Waals surface area contributed by atoms with Crippen LogP contribution >= 0.6 is 12.2 Å². The number of rotatable bonds is 3. The fraction of sp³-hybridized carbons (Fsp3) is 0.889. The Kier molecular flexibility index (Phi) is 2.93. The summed E-state index contributed by atoms with van der Waals surface area (Å²) in [6.45, 7) is 3.86. The number of nitrogens with zero attached hydrogens (tertiary/aromatic N) is 1. The van der Waals surface area contributed by atoms with Crippen molar-refractivity contribution in [2.24, 2.45) is 0 Å². The Labute approximate surface area is 84.4 Å². The van der Waals surface area contributed by atoms with Gasteiger partial charge >= 0.3 is 0 Å². The molecule has 3 nitrogen and oxygen atoms in total. The van der Waals surface area contributed by atoms with Gasteiger partial charge in [0.05, 0.1) is 25.3 Å². The van der Waals surface area contributed by atoms with Crippen molar-refractivity contribution in [3.8, 4) is 0 Å². The molecule has 2 aliphatic heterocycles. The second kappa shape index (κ2) is 4.00. The molecule has 2 aliphatic rings. The molecule has 0 aromatic rings. The summed E-state index contributed by atoms with van der Waals surface area (Å²) >= 11 is 5.28. The van der Waals surface area contributed by atoms with Gasteiger partial charge in [0.1, 0.15) is 0 Å². The predicted octanol–water partition coefficient (Wildman–Crippen LogP) is 0.0488. The quantitative estimate of drug-likeness (QED) is 0.651. The van der Waals surface area contributed by atoms with E-state index in [1.165, 1.54) is 4.86 Å². The van der Waals surface area contributed by atoms with Crippen LogP contribution in [0, 0.1) is 0 Å². The largest absolute Gasteiger partial charge is 0.378 e. The zero-order valence-corrected chi connectivity index (χ0v) is 8.77. The standard InChI is InChI=1S/C9H16N2OS/c1-11(7-5-12-6-7)4-8-9(13)2-3-10-8/h7-8,10H,2-6H2,1H3. The van der Waals surface area contributed by atoms with Gasteiger partial charge in [0.15, 0.2) is 0 Å². The van der Waals surface area contributed by atoms with E-state index in [-0.39, 0.29) is 0 Å². The third kappa shape index (κ3) is 2.07. The van der Waals surface area contributed by atoms with Crippen LogP contribution in [0.5, 0.6) is 0 Å². The monoisotopic (exact) mass is 200 g/mol. The first-order valence-electron chi connectivity index (χ1n) is 4.81. The Morgan fingerprint density at radius 2 is 2.38 bits per heavy atom. The molecule has 1 atom stereocenters. The molecular formula is C9H16N2OS. The number of nitrogens with one attached hydrogen (secondary N) is 1. The first-order valence-corrected chi connectivity index (χ1v) is 5.22. The first kappa shape index (κ1) is 9.52. The van der Waals surface area contributed by atoms with Crippen LogP contribution in [-0.4, -0.2) is 55.2 Å². The average molecular weight is 200 g/mol. The van der Waals surface area contributed by atoms with Crippen molar-refractivity contribution < 1.29 is 4.74 Å². The van der Waals surface area contributed by atoms with Crippen molar-refractivity contribution in [1.82, 2.24) is 10.2 Å². The van der Waals surface area contributed by atoms with Crippen LogP contribution < -0.4 is 5.32 Å². The highest BCUT2D eigenvalue weighted by Gasteiger charge is 2.27. The molecule has 2 fully saturated rings. The zero-order valence-electron chi connectivity index (χ0n) is 7.95. The molecule has 74 valence electrons. The van der Waals surface area contributed by atoms with Crippen molar-refractivity contribution in [3.63, 3.8) is 0 Å². The normalized spacial score (nSPS) is 29.7. The molecule has 2 rings (SSSR count). The van der Waals surface area contributed by atoms with Crippen LogP contribution in [-0.2, 0) is 4.74 Å². The van der Waals surface area contributed by atoms with E-state index in [4.69, 9.17) is 17.0 Å². The van der Waals surface area contributed by atoms with Crippen LogP contribution in [0.1, 0.15) is 6.42 Å². The highest BCUT2D eigenvalue weighted by Crippen LogP contribution is 2.11. The molecule has 0 aliphatic carbocycles. The highest BCUT2D eigenvalue weighted by atomic mass is 32.1. The first-order chi connectivity index (χ1) is 6.27. The topological polar surface area (TPSA) is 24.5 Å². The molecule has 2 heterocycles. The summed E-state index contributed by atoms with van der Waals surface area (Å²) in [5.41, 5.74) is 0. The smallest absolute Gasteiger partial charge is 0.0645 e. The number of hydrogen-bond acceptors (Lipinski definition) is 4. The molecule has 0 saturated carbocycles. The molecule has 1 N–H and O–H groups in total.